The fraction of sp³-hybridized carbons (Fsp3) is 0.682. The van der Waals surface area contributed by atoms with E-state index in [9.17, 15) is 13.2 Å². The smallest absolute Gasteiger partial charge is 0.243 e. The Hall–Kier alpha value is -1.11. The van der Waals surface area contributed by atoms with Gasteiger partial charge in [-0.15, -0.1) is 0 Å². The fourth-order valence-electron chi connectivity index (χ4n) is 4.54. The molecule has 0 atom stereocenters. The van der Waals surface area contributed by atoms with Crippen molar-refractivity contribution in [1.82, 2.24) is 9.21 Å². The summed E-state index contributed by atoms with van der Waals surface area (Å²) >= 11 is 6.18. The maximum absolute atomic E-state index is 13.4. The van der Waals surface area contributed by atoms with Gasteiger partial charge in [0.2, 0.25) is 15.9 Å². The van der Waals surface area contributed by atoms with Gasteiger partial charge in [-0.05, 0) is 50.3 Å². The summed E-state index contributed by atoms with van der Waals surface area (Å²) in [6.07, 6.45) is 10.6. The molecule has 1 aromatic rings. The molecule has 1 saturated heterocycles. The molecule has 162 valence electrons. The van der Waals surface area contributed by atoms with Crippen LogP contribution < -0.4 is 0 Å². The van der Waals surface area contributed by atoms with Crippen LogP contribution in [-0.2, 0) is 14.8 Å². The lowest BCUT2D eigenvalue weighted by Crippen LogP contribution is -2.48. The second-order valence-electron chi connectivity index (χ2n) is 8.35. The summed E-state index contributed by atoms with van der Waals surface area (Å²) in [5.41, 5.74) is 0.541. The van der Waals surface area contributed by atoms with Gasteiger partial charge < -0.3 is 4.90 Å². The quantitative estimate of drug-likeness (QED) is 0.636. The van der Waals surface area contributed by atoms with Crippen molar-refractivity contribution < 1.29 is 13.2 Å². The third-order valence-corrected chi connectivity index (χ3v) is 8.69. The molecule has 0 bridgehead atoms. The number of halogens is 1. The first kappa shape index (κ1) is 22.6. The minimum Gasteiger partial charge on any atom is -0.339 e. The first-order valence-electron chi connectivity index (χ1n) is 11.0. The van der Waals surface area contributed by atoms with E-state index >= 15 is 0 Å². The minimum absolute atomic E-state index is 0.0537. The van der Waals surface area contributed by atoms with E-state index in [2.05, 4.69) is 0 Å². The van der Waals surface area contributed by atoms with Crippen LogP contribution in [0.2, 0.25) is 5.02 Å². The van der Waals surface area contributed by atoms with Crippen molar-refractivity contribution in [2.45, 2.75) is 82.1 Å². The van der Waals surface area contributed by atoms with Crippen LogP contribution in [0, 0.1) is 6.92 Å². The highest BCUT2D eigenvalue weighted by molar-refractivity contribution is 7.89. The molecular formula is C22H33ClN2O3S. The Balaban J connectivity index is 1.86. The Labute approximate surface area is 180 Å². The summed E-state index contributed by atoms with van der Waals surface area (Å²) in [6.45, 7) is 2.76. The van der Waals surface area contributed by atoms with Crippen molar-refractivity contribution in [3.8, 4) is 0 Å². The van der Waals surface area contributed by atoms with Crippen LogP contribution in [0.1, 0.15) is 69.8 Å². The second-order valence-corrected chi connectivity index (χ2v) is 10.7. The van der Waals surface area contributed by atoms with E-state index in [1.165, 1.54) is 17.1 Å². The van der Waals surface area contributed by atoms with E-state index in [0.29, 0.717) is 17.1 Å². The van der Waals surface area contributed by atoms with Gasteiger partial charge in [0.15, 0.2) is 0 Å². The van der Waals surface area contributed by atoms with Crippen LogP contribution >= 0.6 is 11.6 Å². The molecule has 0 unspecified atom stereocenters. The summed E-state index contributed by atoms with van der Waals surface area (Å²) in [5.74, 6) is -0.0537. The molecule has 1 aliphatic carbocycles. The summed E-state index contributed by atoms with van der Waals surface area (Å²) in [4.78, 5) is 15.5. The van der Waals surface area contributed by atoms with E-state index in [4.69, 9.17) is 11.6 Å². The van der Waals surface area contributed by atoms with Crippen LogP contribution in [0.4, 0.5) is 0 Å². The third kappa shape index (κ3) is 5.53. The zero-order chi connectivity index (χ0) is 20.9. The second kappa shape index (κ2) is 10.3. The van der Waals surface area contributed by atoms with Gasteiger partial charge in [-0.3, -0.25) is 4.79 Å². The number of amides is 1. The molecule has 1 saturated carbocycles. The predicted molar refractivity (Wildman–Crippen MR) is 117 cm³/mol. The molecule has 7 heteroatoms. The molecule has 0 radical (unpaired) electrons. The number of hydrogen-bond donors (Lipinski definition) is 0. The van der Waals surface area contributed by atoms with E-state index in [1.54, 1.807) is 25.1 Å². The number of carbonyl (C=O) groups excluding carboxylic acids is 1. The number of carbonyl (C=O) groups is 1. The molecule has 1 aliphatic heterocycles. The lowest BCUT2D eigenvalue weighted by molar-refractivity contribution is -0.134. The van der Waals surface area contributed by atoms with Crippen molar-refractivity contribution in [2.24, 2.45) is 0 Å². The molecule has 0 aromatic heterocycles. The van der Waals surface area contributed by atoms with Crippen molar-refractivity contribution >= 4 is 27.5 Å². The maximum Gasteiger partial charge on any atom is 0.243 e. The molecule has 5 nitrogen and oxygen atoms in total. The first-order chi connectivity index (χ1) is 13.9. The van der Waals surface area contributed by atoms with Gasteiger partial charge in [-0.2, -0.15) is 4.31 Å². The average molecular weight is 441 g/mol. The number of sulfonamides is 1. The monoisotopic (exact) mass is 440 g/mol. The third-order valence-electron chi connectivity index (χ3n) is 6.29. The van der Waals surface area contributed by atoms with Crippen LogP contribution in [0.25, 0.3) is 0 Å². The summed E-state index contributed by atoms with van der Waals surface area (Å²) < 4.78 is 28.2. The number of benzene rings is 1. The number of hydrogen-bond acceptors (Lipinski definition) is 3. The molecule has 0 N–H and O–H groups in total. The Morgan fingerprint density at radius 3 is 2.24 bits per heavy atom. The van der Waals surface area contributed by atoms with Crippen molar-refractivity contribution in [2.75, 3.05) is 19.6 Å². The van der Waals surface area contributed by atoms with E-state index in [-0.39, 0.29) is 23.4 Å². The zero-order valence-electron chi connectivity index (χ0n) is 17.4. The van der Waals surface area contributed by atoms with E-state index < -0.39 is 10.0 Å². The summed E-state index contributed by atoms with van der Waals surface area (Å²) in [7, 11) is -3.78. The molecule has 1 amide bonds. The van der Waals surface area contributed by atoms with Crippen LogP contribution in [0.5, 0.6) is 0 Å². The Bertz CT molecular complexity index is 804. The summed E-state index contributed by atoms with van der Waals surface area (Å²) in [6, 6.07) is 5.19. The number of rotatable bonds is 3. The number of nitrogens with zero attached hydrogens (tertiary/aromatic N) is 2. The maximum atomic E-state index is 13.4. The first-order valence-corrected chi connectivity index (χ1v) is 12.8. The highest BCUT2D eigenvalue weighted by Crippen LogP contribution is 2.28. The van der Waals surface area contributed by atoms with Gasteiger partial charge in [-0.1, -0.05) is 56.2 Å². The van der Waals surface area contributed by atoms with E-state index in [1.807, 2.05) is 4.90 Å². The van der Waals surface area contributed by atoms with Gasteiger partial charge in [-0.25, -0.2) is 8.42 Å². The minimum atomic E-state index is -3.78. The molecule has 2 fully saturated rings. The Morgan fingerprint density at radius 1 is 0.931 bits per heavy atom. The van der Waals surface area contributed by atoms with Crippen molar-refractivity contribution in [3.63, 3.8) is 0 Å². The van der Waals surface area contributed by atoms with Crippen LogP contribution in [-0.4, -0.2) is 49.2 Å². The molecule has 1 aromatic carbocycles. The molecule has 2 aliphatic rings. The molecule has 0 spiro atoms. The fourth-order valence-corrected chi connectivity index (χ4v) is 6.44. The van der Waals surface area contributed by atoms with E-state index in [0.717, 1.165) is 57.9 Å². The lowest BCUT2D eigenvalue weighted by atomic mass is 10.1. The lowest BCUT2D eigenvalue weighted by Gasteiger charge is -2.34. The van der Waals surface area contributed by atoms with Crippen molar-refractivity contribution in [1.29, 1.82) is 0 Å². The normalized spacial score (nSPS) is 21.7. The van der Waals surface area contributed by atoms with Crippen LogP contribution in [0.3, 0.4) is 0 Å². The molecule has 3 rings (SSSR count). The topological polar surface area (TPSA) is 57.7 Å². The Kier molecular flexibility index (Phi) is 7.99. The standard InChI is InChI=1S/C22H33ClN2O3S/c1-18-20(23)13-10-14-21(18)29(27,28)24-15-8-4-5-9-16-25(22(26)17-24)19-11-6-2-3-7-12-19/h10,13-14,19H,2-9,11-12,15-17H2,1H3. The largest absolute Gasteiger partial charge is 0.339 e. The molecule has 1 heterocycles. The van der Waals surface area contributed by atoms with Gasteiger partial charge >= 0.3 is 0 Å². The Morgan fingerprint density at radius 2 is 1.55 bits per heavy atom. The zero-order valence-corrected chi connectivity index (χ0v) is 19.0. The molecule has 29 heavy (non-hydrogen) atoms. The van der Waals surface area contributed by atoms with Crippen molar-refractivity contribution in [3.05, 3.63) is 28.8 Å². The van der Waals surface area contributed by atoms with Gasteiger partial charge in [0.05, 0.1) is 11.4 Å². The molecular weight excluding hydrogens is 408 g/mol. The highest BCUT2D eigenvalue weighted by Gasteiger charge is 2.32. The average Bonchev–Trinajstić information content (AvgIpc) is 2.97. The summed E-state index contributed by atoms with van der Waals surface area (Å²) in [5, 5.41) is 0.429. The van der Waals surface area contributed by atoms with Gasteiger partial charge in [0, 0.05) is 24.2 Å². The predicted octanol–water partition coefficient (Wildman–Crippen LogP) is 4.76. The SMILES string of the molecule is Cc1c(Cl)cccc1S(=O)(=O)N1CCCCCCN(C2CCCCCC2)C(=O)C1. The highest BCUT2D eigenvalue weighted by atomic mass is 35.5. The van der Waals surface area contributed by atoms with Gasteiger partial charge in [0.25, 0.3) is 0 Å². The van der Waals surface area contributed by atoms with Crippen LogP contribution in [0.15, 0.2) is 23.1 Å². The van der Waals surface area contributed by atoms with Gasteiger partial charge in [0.1, 0.15) is 0 Å².